The minimum absolute atomic E-state index is 0. The van der Waals surface area contributed by atoms with Gasteiger partial charge < -0.3 is 7.43 Å². The Bertz CT molecular complexity index is 886. The number of para-hydroxylation sites is 2. The number of rotatable bonds is 5. The fraction of sp³-hybridized carbons (Fsp3) is 0.273. The number of benzene rings is 2. The van der Waals surface area contributed by atoms with Gasteiger partial charge in [0, 0.05) is 0 Å². The summed E-state index contributed by atoms with van der Waals surface area (Å²) in [5.74, 6) is 0. The molecule has 0 amide bonds. The van der Waals surface area contributed by atoms with E-state index in [2.05, 4.69) is 122 Å². The first-order valence-electron chi connectivity index (χ1n) is 8.70. The van der Waals surface area contributed by atoms with Crippen molar-refractivity contribution in [3.63, 3.8) is 0 Å². The third-order valence-corrected chi connectivity index (χ3v) is 8.26. The van der Waals surface area contributed by atoms with Gasteiger partial charge in [0.05, 0.1) is 0 Å². The minimum atomic E-state index is -0.218. The standard InChI is InChI=1S/C21H25N2P.CH3.Rh/c1-17(2)24(18(3)4)21-13-9-8-12-20(21)23-15-14-22(16-23)19-10-6-5-7-11-19;;/h5-15,17-18H,1-4H3;1H3;/q;-1;. The Morgan fingerprint density at radius 2 is 1.31 bits per heavy atom. The van der Waals surface area contributed by atoms with Crippen molar-refractivity contribution in [1.82, 2.24) is 9.13 Å². The molecular weight excluding hydrogens is 426 g/mol. The normalized spacial score (nSPS) is 11.2. The van der Waals surface area contributed by atoms with Crippen LogP contribution in [0.5, 0.6) is 0 Å². The molecule has 0 aliphatic carbocycles. The molecule has 0 saturated carbocycles. The molecule has 1 heterocycles. The first-order chi connectivity index (χ1) is 12.0. The van der Waals surface area contributed by atoms with E-state index in [4.69, 9.17) is 0 Å². The van der Waals surface area contributed by atoms with E-state index in [1.165, 1.54) is 16.7 Å². The monoisotopic (exact) mass is 454 g/mol. The van der Waals surface area contributed by atoms with E-state index < -0.39 is 0 Å². The van der Waals surface area contributed by atoms with Crippen molar-refractivity contribution in [2.24, 2.45) is 0 Å². The van der Waals surface area contributed by atoms with Gasteiger partial charge in [-0.1, -0.05) is 0 Å². The average Bonchev–Trinajstić information content (AvgIpc) is 2.97. The fourth-order valence-corrected chi connectivity index (χ4v) is 7.02. The molecule has 3 rings (SSSR count). The molecule has 0 spiro atoms. The van der Waals surface area contributed by atoms with Gasteiger partial charge in [0.15, 0.2) is 0 Å². The van der Waals surface area contributed by atoms with Gasteiger partial charge in [-0.15, -0.1) is 0 Å². The molecule has 2 nitrogen and oxygen atoms in total. The van der Waals surface area contributed by atoms with Gasteiger partial charge in [-0.05, 0) is 0 Å². The molecule has 0 radical (unpaired) electrons. The molecular formula is C22H28N2PRh-. The third kappa shape index (κ3) is 4.16. The summed E-state index contributed by atoms with van der Waals surface area (Å²) in [6.07, 6.45) is 4.30. The summed E-state index contributed by atoms with van der Waals surface area (Å²) in [7, 11) is -0.218. The Labute approximate surface area is 168 Å². The van der Waals surface area contributed by atoms with E-state index in [0.29, 0.717) is 11.3 Å². The van der Waals surface area contributed by atoms with Gasteiger partial charge in [-0.2, -0.15) is 0 Å². The molecule has 0 N–H and O–H groups in total. The predicted octanol–water partition coefficient (Wildman–Crippen LogP) is 5.72. The molecule has 0 unspecified atom stereocenters. The summed E-state index contributed by atoms with van der Waals surface area (Å²) in [6, 6.07) is 19.3. The molecule has 26 heavy (non-hydrogen) atoms. The maximum Gasteiger partial charge on any atom is -0.358 e. The number of aromatic nitrogens is 2. The Morgan fingerprint density at radius 3 is 1.92 bits per heavy atom. The molecule has 0 atom stereocenters. The molecule has 141 valence electrons. The first-order valence-corrected chi connectivity index (χ1v) is 11.0. The molecule has 2 aromatic carbocycles. The average molecular weight is 454 g/mol. The Morgan fingerprint density at radius 1 is 0.769 bits per heavy atom. The van der Waals surface area contributed by atoms with Gasteiger partial charge in [-0.3, -0.25) is 0 Å². The van der Waals surface area contributed by atoms with Crippen LogP contribution in [-0.4, -0.2) is 20.5 Å². The Balaban J connectivity index is 0.00000243. The summed E-state index contributed by atoms with van der Waals surface area (Å²) >= 11 is 3.14. The van der Waals surface area contributed by atoms with E-state index in [9.17, 15) is 0 Å². The molecule has 4 heteroatoms. The zero-order chi connectivity index (χ0) is 18.0. The number of nitrogens with zero attached hydrogens (tertiary/aromatic N) is 2. The summed E-state index contributed by atoms with van der Waals surface area (Å²) in [5, 5.41) is 1.48. The maximum atomic E-state index is 3.14. The van der Waals surface area contributed by atoms with E-state index in [0.717, 1.165) is 4.01 Å². The smallest absolute Gasteiger partial charge is 0.358 e. The first kappa shape index (κ1) is 21.0. The molecule has 3 aromatic rings. The minimum Gasteiger partial charge on any atom is -0.358 e. The van der Waals surface area contributed by atoms with E-state index in [1.807, 2.05) is 0 Å². The molecule has 0 aliphatic heterocycles. The SMILES string of the molecule is CC(C)P(c1ccccc1-n1ccn(-c2ccccc2)[c]1=[Rh])C(C)C.[CH3-]. The van der Waals surface area contributed by atoms with Crippen LogP contribution in [0.25, 0.3) is 11.4 Å². The van der Waals surface area contributed by atoms with Crippen molar-refractivity contribution in [3.05, 3.63) is 78.4 Å². The summed E-state index contributed by atoms with van der Waals surface area (Å²) in [6.45, 7) is 9.40. The number of hydrogen-bond donors (Lipinski definition) is 0. The van der Waals surface area contributed by atoms with Crippen molar-refractivity contribution in [3.8, 4) is 11.4 Å². The second-order valence-corrected chi connectivity index (χ2v) is 10.8. The largest absolute Gasteiger partial charge is 0.358 e. The van der Waals surface area contributed by atoms with Gasteiger partial charge >= 0.3 is 162 Å². The van der Waals surface area contributed by atoms with Crippen LogP contribution in [0.4, 0.5) is 0 Å². The van der Waals surface area contributed by atoms with Crippen molar-refractivity contribution >= 4 is 13.2 Å². The zero-order valence-electron chi connectivity index (χ0n) is 16.2. The van der Waals surface area contributed by atoms with Gasteiger partial charge in [0.25, 0.3) is 0 Å². The fourth-order valence-electron chi connectivity index (χ4n) is 3.35. The molecule has 1 aromatic heterocycles. The molecule has 0 aliphatic rings. The van der Waals surface area contributed by atoms with Crippen LogP contribution in [0.15, 0.2) is 67.0 Å². The Hall–Kier alpha value is -1.30. The van der Waals surface area contributed by atoms with E-state index in [1.54, 1.807) is 0 Å². The van der Waals surface area contributed by atoms with Crippen LogP contribution < -0.4 is 5.30 Å². The zero-order valence-corrected chi connectivity index (χ0v) is 18.7. The van der Waals surface area contributed by atoms with Crippen molar-refractivity contribution in [1.29, 1.82) is 0 Å². The molecule has 0 fully saturated rings. The second-order valence-electron chi connectivity index (χ2n) is 6.71. The number of imidazole rings is 1. The number of hydrogen-bond acceptors (Lipinski definition) is 0. The van der Waals surface area contributed by atoms with Crippen LogP contribution in [-0.2, 0) is 17.9 Å². The van der Waals surface area contributed by atoms with Crippen molar-refractivity contribution < 1.29 is 17.9 Å². The van der Waals surface area contributed by atoms with Gasteiger partial charge in [-0.25, -0.2) is 0 Å². The van der Waals surface area contributed by atoms with Crippen LogP contribution in [0.2, 0.25) is 0 Å². The maximum absolute atomic E-state index is 3.14. The third-order valence-electron chi connectivity index (χ3n) is 4.31. The van der Waals surface area contributed by atoms with Crippen molar-refractivity contribution in [2.45, 2.75) is 39.0 Å². The summed E-state index contributed by atoms with van der Waals surface area (Å²) < 4.78 is 5.60. The van der Waals surface area contributed by atoms with E-state index >= 15 is 0 Å². The van der Waals surface area contributed by atoms with Gasteiger partial charge in [0.1, 0.15) is 0 Å². The topological polar surface area (TPSA) is 9.86 Å². The predicted molar refractivity (Wildman–Crippen MR) is 112 cm³/mol. The summed E-state index contributed by atoms with van der Waals surface area (Å²) in [5.41, 5.74) is 3.80. The summed E-state index contributed by atoms with van der Waals surface area (Å²) in [4.78, 5) is 0. The van der Waals surface area contributed by atoms with Crippen LogP contribution in [0, 0.1) is 11.4 Å². The van der Waals surface area contributed by atoms with Crippen molar-refractivity contribution in [2.75, 3.05) is 0 Å². The molecule has 0 saturated heterocycles. The van der Waals surface area contributed by atoms with Crippen LogP contribution >= 0.6 is 7.92 Å². The quantitative estimate of drug-likeness (QED) is 0.265. The van der Waals surface area contributed by atoms with Crippen LogP contribution in [0.3, 0.4) is 0 Å². The second kappa shape index (κ2) is 9.07. The van der Waals surface area contributed by atoms with E-state index in [-0.39, 0.29) is 15.3 Å². The Kier molecular flexibility index (Phi) is 7.33. The molecule has 0 bridgehead atoms. The van der Waals surface area contributed by atoms with Crippen LogP contribution in [0.1, 0.15) is 27.7 Å². The van der Waals surface area contributed by atoms with Gasteiger partial charge in [0.2, 0.25) is 0 Å².